The van der Waals surface area contributed by atoms with Crippen molar-refractivity contribution in [2.24, 2.45) is 7.05 Å². The molecule has 0 aliphatic heterocycles. The van der Waals surface area contributed by atoms with Crippen LogP contribution in [-0.2, 0) is 11.8 Å². The van der Waals surface area contributed by atoms with E-state index in [1.165, 1.54) is 27.7 Å². The predicted molar refractivity (Wildman–Crippen MR) is 112 cm³/mol. The number of hydrogen-bond donors (Lipinski definition) is 1. The van der Waals surface area contributed by atoms with Gasteiger partial charge in [0, 0.05) is 7.05 Å². The Morgan fingerprint density at radius 3 is 2.81 bits per heavy atom. The molecule has 27 heavy (non-hydrogen) atoms. The van der Waals surface area contributed by atoms with Gasteiger partial charge in [0.1, 0.15) is 21.6 Å². The minimum absolute atomic E-state index is 0.216. The number of hydrogen-bond acceptors (Lipinski definition) is 7. The molecular formula is C18H18ClN3O3S2. The van der Waals surface area contributed by atoms with Crippen molar-refractivity contribution < 1.29 is 9.53 Å². The van der Waals surface area contributed by atoms with Crippen LogP contribution < -0.4 is 10.9 Å². The topological polar surface area (TPSA) is 73.2 Å². The van der Waals surface area contributed by atoms with Crippen molar-refractivity contribution >= 4 is 62.4 Å². The number of carbonyl (C=O) groups is 1. The molecule has 142 valence electrons. The Hall–Kier alpha value is -2.03. The fraction of sp³-hybridized carbons (Fsp3) is 0.278. The molecule has 0 aliphatic carbocycles. The summed E-state index contributed by atoms with van der Waals surface area (Å²) in [6.07, 6.45) is 1.87. The van der Waals surface area contributed by atoms with Crippen LogP contribution in [-0.4, -0.2) is 28.4 Å². The summed E-state index contributed by atoms with van der Waals surface area (Å²) in [6, 6.07) is 5.50. The average Bonchev–Trinajstić information content (AvgIpc) is 3.06. The van der Waals surface area contributed by atoms with Gasteiger partial charge in [0.05, 0.1) is 17.3 Å². The van der Waals surface area contributed by atoms with Gasteiger partial charge in [0.25, 0.3) is 5.56 Å². The summed E-state index contributed by atoms with van der Waals surface area (Å²) < 4.78 is 7.76. The SMILES string of the molecule is CCOC(=O)c1c(Nc2ccc(C)cc2Cl)n(C)c(=O)c2sc(SC)nc12. The van der Waals surface area contributed by atoms with Crippen LogP contribution in [0.25, 0.3) is 10.2 Å². The fourth-order valence-electron chi connectivity index (χ4n) is 2.63. The number of esters is 1. The van der Waals surface area contributed by atoms with Crippen LogP contribution in [0.5, 0.6) is 0 Å². The molecule has 2 heterocycles. The highest BCUT2D eigenvalue weighted by Gasteiger charge is 2.25. The van der Waals surface area contributed by atoms with E-state index >= 15 is 0 Å². The molecule has 6 nitrogen and oxygen atoms in total. The summed E-state index contributed by atoms with van der Waals surface area (Å²) in [7, 11) is 1.60. The number of halogens is 1. The van der Waals surface area contributed by atoms with Gasteiger partial charge in [-0.25, -0.2) is 9.78 Å². The van der Waals surface area contributed by atoms with E-state index in [2.05, 4.69) is 10.3 Å². The van der Waals surface area contributed by atoms with Crippen LogP contribution in [0, 0.1) is 6.92 Å². The molecule has 9 heteroatoms. The molecule has 0 aliphatic rings. The number of aryl methyl sites for hydroxylation is 1. The van der Waals surface area contributed by atoms with Crippen molar-refractivity contribution in [1.29, 1.82) is 0 Å². The molecule has 0 spiro atoms. The summed E-state index contributed by atoms with van der Waals surface area (Å²) in [5.74, 6) is -0.239. The first kappa shape index (κ1) is 19.7. The second kappa shape index (κ2) is 7.92. The minimum atomic E-state index is -0.540. The molecule has 0 unspecified atom stereocenters. The number of carbonyl (C=O) groups excluding carboxylic acids is 1. The molecule has 2 aromatic heterocycles. The van der Waals surface area contributed by atoms with Gasteiger partial charge in [-0.3, -0.25) is 9.36 Å². The predicted octanol–water partition coefficient (Wildman–Crippen LogP) is 4.60. The zero-order valence-electron chi connectivity index (χ0n) is 15.3. The molecule has 1 N–H and O–H groups in total. The van der Waals surface area contributed by atoms with Crippen molar-refractivity contribution in [3.63, 3.8) is 0 Å². The minimum Gasteiger partial charge on any atom is -0.462 e. The number of thioether (sulfide) groups is 1. The Bertz CT molecular complexity index is 1090. The van der Waals surface area contributed by atoms with Gasteiger partial charge in [0.2, 0.25) is 0 Å². The number of nitrogens with zero attached hydrogens (tertiary/aromatic N) is 2. The van der Waals surface area contributed by atoms with E-state index < -0.39 is 5.97 Å². The zero-order valence-corrected chi connectivity index (χ0v) is 17.6. The van der Waals surface area contributed by atoms with Crippen LogP contribution in [0.15, 0.2) is 27.3 Å². The number of fused-ring (bicyclic) bond motifs is 1. The standard InChI is InChI=1S/C18H18ClN3O3S2/c1-5-25-17(24)12-13-14(27-18(21-13)26-4)16(23)22(3)15(12)20-11-7-6-9(2)8-10(11)19/h6-8,20H,5H2,1-4H3. The largest absolute Gasteiger partial charge is 0.462 e. The fourth-order valence-corrected chi connectivity index (χ4v) is 4.46. The third-order valence-electron chi connectivity index (χ3n) is 3.95. The first-order valence-electron chi connectivity index (χ1n) is 8.15. The van der Waals surface area contributed by atoms with Gasteiger partial charge in [-0.05, 0) is 37.8 Å². The van der Waals surface area contributed by atoms with Crippen molar-refractivity contribution in [3.05, 3.63) is 44.7 Å². The van der Waals surface area contributed by atoms with E-state index in [0.717, 1.165) is 5.56 Å². The molecule has 3 rings (SSSR count). The number of thiazole rings is 1. The van der Waals surface area contributed by atoms with Crippen LogP contribution in [0.2, 0.25) is 5.02 Å². The number of pyridine rings is 1. The summed E-state index contributed by atoms with van der Waals surface area (Å²) in [4.78, 5) is 30.0. The van der Waals surface area contributed by atoms with Gasteiger partial charge < -0.3 is 10.1 Å². The lowest BCUT2D eigenvalue weighted by Crippen LogP contribution is -2.23. The summed E-state index contributed by atoms with van der Waals surface area (Å²) in [5.41, 5.74) is 1.92. The Labute approximate surface area is 169 Å². The zero-order chi connectivity index (χ0) is 19.7. The Kier molecular flexibility index (Phi) is 5.78. The van der Waals surface area contributed by atoms with E-state index in [1.54, 1.807) is 26.1 Å². The third-order valence-corrected chi connectivity index (χ3v) is 6.29. The van der Waals surface area contributed by atoms with E-state index in [9.17, 15) is 9.59 Å². The molecule has 0 radical (unpaired) electrons. The lowest BCUT2D eigenvalue weighted by molar-refractivity contribution is 0.0529. The van der Waals surface area contributed by atoms with Crippen molar-refractivity contribution in [1.82, 2.24) is 9.55 Å². The summed E-state index contributed by atoms with van der Waals surface area (Å²) >= 11 is 9.01. The number of aromatic nitrogens is 2. The van der Waals surface area contributed by atoms with E-state index in [0.29, 0.717) is 31.1 Å². The number of ether oxygens (including phenoxy) is 1. The lowest BCUT2D eigenvalue weighted by Gasteiger charge is -2.16. The first-order valence-corrected chi connectivity index (χ1v) is 10.6. The second-order valence-corrected chi connectivity index (χ2v) is 8.24. The van der Waals surface area contributed by atoms with Crippen LogP contribution in [0.1, 0.15) is 22.8 Å². The average molecular weight is 424 g/mol. The molecule has 0 fully saturated rings. The van der Waals surface area contributed by atoms with E-state index in [4.69, 9.17) is 16.3 Å². The van der Waals surface area contributed by atoms with Crippen molar-refractivity contribution in [2.75, 3.05) is 18.2 Å². The molecule has 0 amide bonds. The Balaban J connectivity index is 2.29. The normalized spacial score (nSPS) is 11.0. The smallest absolute Gasteiger partial charge is 0.344 e. The Morgan fingerprint density at radius 1 is 1.44 bits per heavy atom. The second-order valence-electron chi connectivity index (χ2n) is 5.78. The maximum absolute atomic E-state index is 12.8. The summed E-state index contributed by atoms with van der Waals surface area (Å²) in [5, 5.41) is 3.61. The van der Waals surface area contributed by atoms with Gasteiger partial charge in [-0.2, -0.15) is 0 Å². The molecule has 0 atom stereocenters. The number of anilines is 2. The molecule has 0 saturated carbocycles. The molecule has 0 bridgehead atoms. The molecular weight excluding hydrogens is 406 g/mol. The monoisotopic (exact) mass is 423 g/mol. The Morgan fingerprint density at radius 2 is 2.19 bits per heavy atom. The maximum Gasteiger partial charge on any atom is 0.344 e. The van der Waals surface area contributed by atoms with E-state index in [-0.39, 0.29) is 17.7 Å². The molecule has 1 aromatic carbocycles. The highest BCUT2D eigenvalue weighted by atomic mass is 35.5. The van der Waals surface area contributed by atoms with Crippen LogP contribution in [0.4, 0.5) is 11.5 Å². The summed E-state index contributed by atoms with van der Waals surface area (Å²) in [6.45, 7) is 3.88. The molecule has 0 saturated heterocycles. The quantitative estimate of drug-likeness (QED) is 0.477. The van der Waals surface area contributed by atoms with Crippen molar-refractivity contribution in [3.8, 4) is 0 Å². The highest BCUT2D eigenvalue weighted by molar-refractivity contribution is 8.00. The van der Waals surface area contributed by atoms with Gasteiger partial charge >= 0.3 is 5.97 Å². The number of rotatable bonds is 5. The van der Waals surface area contributed by atoms with Gasteiger partial charge in [-0.15, -0.1) is 11.3 Å². The van der Waals surface area contributed by atoms with Crippen LogP contribution in [0.3, 0.4) is 0 Å². The highest BCUT2D eigenvalue weighted by Crippen LogP contribution is 2.34. The van der Waals surface area contributed by atoms with Gasteiger partial charge in [0.15, 0.2) is 4.34 Å². The number of benzene rings is 1. The van der Waals surface area contributed by atoms with Gasteiger partial charge in [-0.1, -0.05) is 29.4 Å². The number of nitrogens with one attached hydrogen (secondary N) is 1. The van der Waals surface area contributed by atoms with Crippen molar-refractivity contribution in [2.45, 2.75) is 18.2 Å². The van der Waals surface area contributed by atoms with E-state index in [1.807, 2.05) is 19.2 Å². The molecule has 3 aromatic rings. The third kappa shape index (κ3) is 3.69. The first-order chi connectivity index (χ1) is 12.9. The van der Waals surface area contributed by atoms with Crippen LogP contribution >= 0.6 is 34.7 Å². The maximum atomic E-state index is 12.8. The lowest BCUT2D eigenvalue weighted by atomic mass is 10.2.